The van der Waals surface area contributed by atoms with E-state index in [2.05, 4.69) is 13.0 Å². The highest BCUT2D eigenvalue weighted by Crippen LogP contribution is 2.33. The van der Waals surface area contributed by atoms with Crippen LogP contribution in [0.5, 0.6) is 5.75 Å². The third-order valence-corrected chi connectivity index (χ3v) is 4.37. The molecule has 2 rings (SSSR count). The fourth-order valence-electron chi connectivity index (χ4n) is 2.23. The van der Waals surface area contributed by atoms with E-state index >= 15 is 0 Å². The Morgan fingerprint density at radius 3 is 2.80 bits per heavy atom. The second-order valence-corrected chi connectivity index (χ2v) is 5.64. The van der Waals surface area contributed by atoms with Crippen LogP contribution in [0.15, 0.2) is 17.0 Å². The Hall–Kier alpha value is -1.69. The van der Waals surface area contributed by atoms with E-state index in [9.17, 15) is 9.59 Å². The first kappa shape index (κ1) is 14.7. The van der Waals surface area contributed by atoms with Gasteiger partial charge in [0, 0.05) is 23.7 Å². The van der Waals surface area contributed by atoms with Crippen molar-refractivity contribution in [3.05, 3.63) is 23.3 Å². The number of aliphatic carboxylic acids is 1. The van der Waals surface area contributed by atoms with Gasteiger partial charge in [-0.2, -0.15) is 0 Å². The van der Waals surface area contributed by atoms with Crippen LogP contribution in [0, 0.1) is 0 Å². The van der Waals surface area contributed by atoms with Crippen LogP contribution in [0.2, 0.25) is 0 Å². The number of benzene rings is 1. The van der Waals surface area contributed by atoms with E-state index in [-0.39, 0.29) is 0 Å². The molecule has 0 aromatic heterocycles. The molecule has 0 fully saturated rings. The third kappa shape index (κ3) is 2.90. The summed E-state index contributed by atoms with van der Waals surface area (Å²) in [5.41, 5.74) is 2.06. The van der Waals surface area contributed by atoms with Crippen molar-refractivity contribution in [1.82, 2.24) is 4.90 Å². The number of hydrogen-bond donors (Lipinski definition) is 1. The molecule has 0 radical (unpaired) electrons. The summed E-state index contributed by atoms with van der Waals surface area (Å²) in [4.78, 5) is 24.9. The Labute approximate surface area is 121 Å². The first-order chi connectivity index (χ1) is 9.56. The van der Waals surface area contributed by atoms with Gasteiger partial charge in [-0.15, -0.1) is 11.8 Å². The van der Waals surface area contributed by atoms with Gasteiger partial charge >= 0.3 is 11.9 Å². The molecule has 0 saturated heterocycles. The molecule has 20 heavy (non-hydrogen) atoms. The van der Waals surface area contributed by atoms with Gasteiger partial charge < -0.3 is 14.7 Å². The highest BCUT2D eigenvalue weighted by molar-refractivity contribution is 7.99. The molecule has 0 aliphatic carbocycles. The van der Waals surface area contributed by atoms with E-state index in [1.54, 1.807) is 18.9 Å². The standard InChI is InChI=1S/C14H17NO4S/c1-3-9-7-12-10(6-11(9)19-2)8-15(4-5-20-12)13(16)14(17)18/h6-7H,3-5,8H2,1-2H3,(H,17,18). The molecule has 1 N–H and O–H groups in total. The molecule has 0 unspecified atom stereocenters. The molecule has 1 aromatic carbocycles. The number of aryl methyl sites for hydroxylation is 1. The van der Waals surface area contributed by atoms with Gasteiger partial charge in [-0.3, -0.25) is 4.79 Å². The van der Waals surface area contributed by atoms with Crippen molar-refractivity contribution in [2.45, 2.75) is 24.8 Å². The van der Waals surface area contributed by atoms with Gasteiger partial charge in [-0.05, 0) is 29.7 Å². The van der Waals surface area contributed by atoms with Crippen LogP contribution >= 0.6 is 11.8 Å². The van der Waals surface area contributed by atoms with Crippen LogP contribution < -0.4 is 4.74 Å². The van der Waals surface area contributed by atoms with Crippen molar-refractivity contribution in [3.8, 4) is 5.75 Å². The summed E-state index contributed by atoms with van der Waals surface area (Å²) in [6.45, 7) is 2.81. The minimum atomic E-state index is -1.41. The molecule has 1 aliphatic heterocycles. The van der Waals surface area contributed by atoms with E-state index < -0.39 is 11.9 Å². The molecule has 5 nitrogen and oxygen atoms in total. The molecule has 0 bridgehead atoms. The topological polar surface area (TPSA) is 66.8 Å². The molecule has 0 atom stereocenters. The minimum Gasteiger partial charge on any atom is -0.496 e. The number of ether oxygens (including phenoxy) is 1. The van der Waals surface area contributed by atoms with E-state index in [4.69, 9.17) is 9.84 Å². The number of methoxy groups -OCH3 is 1. The average molecular weight is 295 g/mol. The van der Waals surface area contributed by atoms with Crippen molar-refractivity contribution in [1.29, 1.82) is 0 Å². The Morgan fingerprint density at radius 2 is 2.20 bits per heavy atom. The highest BCUT2D eigenvalue weighted by Gasteiger charge is 2.25. The van der Waals surface area contributed by atoms with Crippen LogP contribution in [0.3, 0.4) is 0 Å². The number of nitrogens with zero attached hydrogens (tertiary/aromatic N) is 1. The fourth-order valence-corrected chi connectivity index (χ4v) is 3.29. The summed E-state index contributed by atoms with van der Waals surface area (Å²) < 4.78 is 5.36. The molecule has 6 heteroatoms. The number of carbonyl (C=O) groups excluding carboxylic acids is 1. The average Bonchev–Trinajstić information content (AvgIpc) is 2.66. The number of carboxylic acids is 1. The van der Waals surface area contributed by atoms with Gasteiger partial charge in [0.25, 0.3) is 0 Å². The van der Waals surface area contributed by atoms with Crippen molar-refractivity contribution in [3.63, 3.8) is 0 Å². The van der Waals surface area contributed by atoms with Crippen LogP contribution in [-0.2, 0) is 22.6 Å². The van der Waals surface area contributed by atoms with Crippen LogP contribution in [-0.4, -0.2) is 41.3 Å². The first-order valence-electron chi connectivity index (χ1n) is 6.41. The second kappa shape index (κ2) is 6.17. The molecule has 1 heterocycles. The van der Waals surface area contributed by atoms with Gasteiger partial charge in [0.05, 0.1) is 7.11 Å². The number of thioether (sulfide) groups is 1. The maximum absolute atomic E-state index is 11.6. The SMILES string of the molecule is CCc1cc2c(cc1OC)CN(C(=O)C(=O)O)CCS2. The summed E-state index contributed by atoms with van der Waals surface area (Å²) in [6, 6.07) is 3.99. The molecule has 0 spiro atoms. The van der Waals surface area contributed by atoms with E-state index in [1.165, 1.54) is 4.90 Å². The zero-order chi connectivity index (χ0) is 14.7. The van der Waals surface area contributed by atoms with Gasteiger partial charge in [-0.25, -0.2) is 4.79 Å². The Morgan fingerprint density at radius 1 is 1.45 bits per heavy atom. The fraction of sp³-hybridized carbons (Fsp3) is 0.429. The monoisotopic (exact) mass is 295 g/mol. The summed E-state index contributed by atoms with van der Waals surface area (Å²) in [6.07, 6.45) is 0.870. The second-order valence-electron chi connectivity index (χ2n) is 4.51. The van der Waals surface area contributed by atoms with Gasteiger partial charge in [0.1, 0.15) is 5.75 Å². The Balaban J connectivity index is 2.35. The maximum atomic E-state index is 11.6. The first-order valence-corrected chi connectivity index (χ1v) is 7.40. The van der Waals surface area contributed by atoms with Crippen molar-refractivity contribution in [2.75, 3.05) is 19.4 Å². The normalized spacial score (nSPS) is 14.4. The molecular weight excluding hydrogens is 278 g/mol. The van der Waals surface area contributed by atoms with Crippen molar-refractivity contribution < 1.29 is 19.4 Å². The van der Waals surface area contributed by atoms with Gasteiger partial charge in [-0.1, -0.05) is 6.92 Å². The van der Waals surface area contributed by atoms with E-state index in [0.29, 0.717) is 18.8 Å². The smallest absolute Gasteiger partial charge is 0.394 e. The number of rotatable bonds is 2. The number of fused-ring (bicyclic) bond motifs is 1. The molecular formula is C14H17NO4S. The predicted molar refractivity (Wildman–Crippen MR) is 76.1 cm³/mol. The molecule has 0 saturated carbocycles. The quantitative estimate of drug-likeness (QED) is 0.842. The highest BCUT2D eigenvalue weighted by atomic mass is 32.2. The molecule has 1 aromatic rings. The van der Waals surface area contributed by atoms with Crippen LogP contribution in [0.4, 0.5) is 0 Å². The van der Waals surface area contributed by atoms with Crippen LogP contribution in [0.25, 0.3) is 0 Å². The predicted octanol–water partition coefficient (Wildman–Crippen LogP) is 1.78. The van der Waals surface area contributed by atoms with Crippen molar-refractivity contribution >= 4 is 23.6 Å². The summed E-state index contributed by atoms with van der Waals surface area (Å²) in [5, 5.41) is 8.83. The minimum absolute atomic E-state index is 0.313. The Bertz CT molecular complexity index is 544. The van der Waals surface area contributed by atoms with Crippen LogP contribution in [0.1, 0.15) is 18.1 Å². The number of hydrogen-bond acceptors (Lipinski definition) is 4. The van der Waals surface area contributed by atoms with Crippen molar-refractivity contribution in [2.24, 2.45) is 0 Å². The molecule has 108 valence electrons. The van der Waals surface area contributed by atoms with Gasteiger partial charge in [0.2, 0.25) is 0 Å². The summed E-state index contributed by atoms with van der Waals surface area (Å²) >= 11 is 1.65. The largest absolute Gasteiger partial charge is 0.496 e. The lowest BCUT2D eigenvalue weighted by Gasteiger charge is -2.18. The maximum Gasteiger partial charge on any atom is 0.394 e. The Kier molecular flexibility index (Phi) is 4.54. The summed E-state index contributed by atoms with van der Waals surface area (Å²) in [5.74, 6) is -0.773. The number of amides is 1. The van der Waals surface area contributed by atoms with E-state index in [0.717, 1.165) is 28.2 Å². The number of carbonyl (C=O) groups is 2. The zero-order valence-electron chi connectivity index (χ0n) is 11.5. The number of carboxylic acid groups (broad SMARTS) is 1. The molecule has 1 amide bonds. The van der Waals surface area contributed by atoms with E-state index in [1.807, 2.05) is 6.07 Å². The summed E-state index contributed by atoms with van der Waals surface area (Å²) in [7, 11) is 1.62. The van der Waals surface area contributed by atoms with Gasteiger partial charge in [0.15, 0.2) is 0 Å². The zero-order valence-corrected chi connectivity index (χ0v) is 12.3. The molecule has 1 aliphatic rings. The lowest BCUT2D eigenvalue weighted by molar-refractivity contribution is -0.156. The lowest BCUT2D eigenvalue weighted by Crippen LogP contribution is -2.36. The lowest BCUT2D eigenvalue weighted by atomic mass is 10.1. The third-order valence-electron chi connectivity index (χ3n) is 3.29.